The maximum absolute atomic E-state index is 14.0. The van der Waals surface area contributed by atoms with Crippen molar-refractivity contribution in [3.63, 3.8) is 0 Å². The molecule has 6 rings (SSSR count). The van der Waals surface area contributed by atoms with E-state index in [-0.39, 0.29) is 24.5 Å². The molecule has 0 bridgehead atoms. The number of fused-ring (bicyclic) bond motifs is 4. The Labute approximate surface area is 218 Å². The lowest BCUT2D eigenvalue weighted by Gasteiger charge is -2.30. The molecular weight excluding hydrogens is 489 g/mol. The molecule has 3 aromatic carbocycles. The van der Waals surface area contributed by atoms with Gasteiger partial charge in [-0.1, -0.05) is 37.3 Å². The van der Waals surface area contributed by atoms with Crippen LogP contribution in [0.4, 0.5) is 10.1 Å². The molecule has 0 unspecified atom stereocenters. The molecule has 0 saturated carbocycles. The molecule has 0 radical (unpaired) electrons. The van der Waals surface area contributed by atoms with Crippen LogP contribution in [-0.2, 0) is 39.3 Å². The minimum Gasteiger partial charge on any atom is -0.504 e. The number of aromatic hydroxyl groups is 2. The first-order valence-corrected chi connectivity index (χ1v) is 12.6. The molecule has 9 heteroatoms. The summed E-state index contributed by atoms with van der Waals surface area (Å²) in [6.07, 6.45) is 0.960. The average molecular weight is 516 g/mol. The van der Waals surface area contributed by atoms with Crippen LogP contribution in [0.1, 0.15) is 29.2 Å². The molecule has 8 nitrogen and oxygen atoms in total. The first-order valence-electron chi connectivity index (χ1n) is 12.6. The number of likely N-dealkylation sites (tertiary alicyclic amines) is 1. The molecule has 38 heavy (non-hydrogen) atoms. The van der Waals surface area contributed by atoms with Crippen molar-refractivity contribution < 1.29 is 29.0 Å². The molecule has 4 atom stereocenters. The quantitative estimate of drug-likeness (QED) is 0.307. The van der Waals surface area contributed by atoms with Gasteiger partial charge in [-0.2, -0.15) is 0 Å². The number of imide groups is 1. The largest absolute Gasteiger partial charge is 0.504 e. The number of hydrogen-bond acceptors (Lipinski definition) is 6. The Balaban J connectivity index is 1.45. The van der Waals surface area contributed by atoms with Crippen molar-refractivity contribution in [2.45, 2.75) is 37.9 Å². The van der Waals surface area contributed by atoms with Crippen molar-refractivity contribution in [1.82, 2.24) is 10.2 Å². The zero-order valence-corrected chi connectivity index (χ0v) is 20.6. The summed E-state index contributed by atoms with van der Waals surface area (Å²) in [5, 5.41) is 26.1. The predicted octanol–water partition coefficient (Wildman–Crippen LogP) is 2.96. The number of phenolic OH excluding ortho intramolecular Hbond substituents is 2. The highest BCUT2D eigenvalue weighted by Crippen LogP contribution is 2.53. The fraction of sp³-hybridized carbons (Fsp3) is 0.276. The molecule has 4 N–H and O–H groups in total. The lowest BCUT2D eigenvalue weighted by Crippen LogP contribution is -2.53. The van der Waals surface area contributed by atoms with E-state index in [4.69, 9.17) is 0 Å². The molecule has 0 aliphatic carbocycles. The smallest absolute Gasteiger partial charge is 0.250 e. The van der Waals surface area contributed by atoms with Crippen molar-refractivity contribution in [3.05, 3.63) is 88.7 Å². The van der Waals surface area contributed by atoms with Crippen molar-refractivity contribution in [3.8, 4) is 11.5 Å². The lowest BCUT2D eigenvalue weighted by molar-refractivity contribution is -0.143. The second-order valence-electron chi connectivity index (χ2n) is 10.2. The SMILES string of the molecule is CCc1ccc2c(c1)[C@]1(N[C@H](Cc3ccc(O)c(O)c3)[C@H]3C(=O)N(Cc4ccc(F)cc4)C(=O)[C@H]31)C(=O)N2. The summed E-state index contributed by atoms with van der Waals surface area (Å²) in [6.45, 7) is 1.97. The fourth-order valence-electron chi connectivity index (χ4n) is 6.18. The Bertz CT molecular complexity index is 1490. The van der Waals surface area contributed by atoms with Crippen LogP contribution in [0, 0.1) is 17.7 Å². The van der Waals surface area contributed by atoms with Gasteiger partial charge < -0.3 is 15.5 Å². The number of aryl methyl sites for hydroxylation is 1. The molecule has 3 heterocycles. The molecule has 3 aliphatic rings. The van der Waals surface area contributed by atoms with E-state index >= 15 is 0 Å². The van der Waals surface area contributed by atoms with E-state index in [1.54, 1.807) is 6.07 Å². The van der Waals surface area contributed by atoms with Gasteiger partial charge in [-0.3, -0.25) is 24.6 Å². The fourth-order valence-corrected chi connectivity index (χ4v) is 6.18. The number of amides is 3. The Hall–Kier alpha value is -4.24. The maximum Gasteiger partial charge on any atom is 0.250 e. The third-order valence-corrected chi connectivity index (χ3v) is 8.03. The molecule has 3 aromatic rings. The summed E-state index contributed by atoms with van der Waals surface area (Å²) in [4.78, 5) is 42.7. The number of carbonyl (C=O) groups excluding carboxylic acids is 3. The van der Waals surface area contributed by atoms with Gasteiger partial charge in [0.15, 0.2) is 11.5 Å². The Kier molecular flexibility index (Phi) is 5.50. The number of anilines is 1. The van der Waals surface area contributed by atoms with Gasteiger partial charge >= 0.3 is 0 Å². The summed E-state index contributed by atoms with van der Waals surface area (Å²) in [6, 6.07) is 15.0. The van der Waals surface area contributed by atoms with E-state index in [1.165, 1.54) is 41.3 Å². The zero-order chi connectivity index (χ0) is 26.8. The normalized spacial score (nSPS) is 25.7. The Morgan fingerprint density at radius 3 is 2.32 bits per heavy atom. The number of halogens is 1. The highest BCUT2D eigenvalue weighted by Gasteiger charge is 2.70. The third kappa shape index (κ3) is 3.49. The first-order chi connectivity index (χ1) is 18.2. The highest BCUT2D eigenvalue weighted by molar-refractivity contribution is 6.15. The maximum atomic E-state index is 14.0. The van der Waals surface area contributed by atoms with Crippen LogP contribution in [0.3, 0.4) is 0 Å². The number of hydrogen-bond donors (Lipinski definition) is 4. The number of benzene rings is 3. The van der Waals surface area contributed by atoms with Gasteiger partial charge in [0.05, 0.1) is 18.4 Å². The van der Waals surface area contributed by atoms with E-state index in [0.29, 0.717) is 22.4 Å². The number of phenols is 2. The third-order valence-electron chi connectivity index (χ3n) is 8.03. The monoisotopic (exact) mass is 515 g/mol. The number of carbonyl (C=O) groups is 3. The molecule has 2 saturated heterocycles. The van der Waals surface area contributed by atoms with E-state index in [0.717, 1.165) is 12.0 Å². The molecule has 0 aromatic heterocycles. The van der Waals surface area contributed by atoms with Gasteiger partial charge in [-0.05, 0) is 59.9 Å². The van der Waals surface area contributed by atoms with Crippen LogP contribution in [0.2, 0.25) is 0 Å². The lowest BCUT2D eigenvalue weighted by atomic mass is 9.76. The molecular formula is C29H26FN3O5. The number of rotatable bonds is 5. The van der Waals surface area contributed by atoms with E-state index in [2.05, 4.69) is 10.6 Å². The Morgan fingerprint density at radius 2 is 1.61 bits per heavy atom. The summed E-state index contributed by atoms with van der Waals surface area (Å²) in [5.41, 5.74) is 2.01. The van der Waals surface area contributed by atoms with Crippen molar-refractivity contribution in [1.29, 1.82) is 0 Å². The zero-order valence-electron chi connectivity index (χ0n) is 20.6. The van der Waals surface area contributed by atoms with Gasteiger partial charge in [0.1, 0.15) is 11.4 Å². The van der Waals surface area contributed by atoms with E-state index < -0.39 is 47.0 Å². The van der Waals surface area contributed by atoms with Crippen molar-refractivity contribution >= 4 is 23.4 Å². The summed E-state index contributed by atoms with van der Waals surface area (Å²) < 4.78 is 13.5. The second kappa shape index (κ2) is 8.66. The molecule has 194 valence electrons. The van der Waals surface area contributed by atoms with Crippen LogP contribution in [0.25, 0.3) is 0 Å². The van der Waals surface area contributed by atoms with Gasteiger partial charge in [-0.15, -0.1) is 0 Å². The number of nitrogens with zero attached hydrogens (tertiary/aromatic N) is 1. The second-order valence-corrected chi connectivity index (χ2v) is 10.2. The van der Waals surface area contributed by atoms with Gasteiger partial charge in [-0.25, -0.2) is 4.39 Å². The van der Waals surface area contributed by atoms with Gasteiger partial charge in [0.25, 0.3) is 0 Å². The standard InChI is InChI=1S/C29H26FN3O5/c1-2-15-5-9-20-19(11-15)29(28(38)31-20)25-24(21(32-29)12-17-6-10-22(34)23(35)13-17)26(36)33(27(25)37)14-16-3-7-18(30)8-4-16/h3-11,13,21,24-25,32,34-35H,2,12,14H2,1H3,(H,31,38)/t21-,24-,25+,29-/m1/s1. The minimum atomic E-state index is -1.45. The Morgan fingerprint density at radius 1 is 0.895 bits per heavy atom. The summed E-state index contributed by atoms with van der Waals surface area (Å²) in [5.74, 6) is -4.08. The van der Waals surface area contributed by atoms with Gasteiger partial charge in [0.2, 0.25) is 17.7 Å². The van der Waals surface area contributed by atoms with E-state index in [1.807, 2.05) is 25.1 Å². The van der Waals surface area contributed by atoms with Crippen LogP contribution in [-0.4, -0.2) is 38.9 Å². The van der Waals surface area contributed by atoms with Gasteiger partial charge in [0, 0.05) is 17.3 Å². The summed E-state index contributed by atoms with van der Waals surface area (Å²) >= 11 is 0. The van der Waals surface area contributed by atoms with Crippen LogP contribution < -0.4 is 10.6 Å². The molecule has 1 spiro atoms. The molecule has 2 fully saturated rings. The minimum absolute atomic E-state index is 0.0305. The average Bonchev–Trinajstić information content (AvgIpc) is 3.47. The number of nitrogens with one attached hydrogen (secondary N) is 2. The van der Waals surface area contributed by atoms with Crippen LogP contribution in [0.15, 0.2) is 60.7 Å². The highest BCUT2D eigenvalue weighted by atomic mass is 19.1. The van der Waals surface area contributed by atoms with Crippen molar-refractivity contribution in [2.24, 2.45) is 11.8 Å². The molecule has 3 aliphatic heterocycles. The van der Waals surface area contributed by atoms with Crippen LogP contribution in [0.5, 0.6) is 11.5 Å². The van der Waals surface area contributed by atoms with E-state index in [9.17, 15) is 29.0 Å². The predicted molar refractivity (Wildman–Crippen MR) is 135 cm³/mol. The summed E-state index contributed by atoms with van der Waals surface area (Å²) in [7, 11) is 0. The first kappa shape index (κ1) is 24.1. The van der Waals surface area contributed by atoms with Crippen LogP contribution >= 0.6 is 0 Å². The molecule has 3 amide bonds. The topological polar surface area (TPSA) is 119 Å². The van der Waals surface area contributed by atoms with Crippen molar-refractivity contribution in [2.75, 3.05) is 5.32 Å².